The van der Waals surface area contributed by atoms with E-state index in [1.165, 1.54) is 38.5 Å². The van der Waals surface area contributed by atoms with Crippen molar-refractivity contribution in [1.29, 1.82) is 0 Å². The van der Waals surface area contributed by atoms with Crippen LogP contribution in [0.1, 0.15) is 57.8 Å². The zero-order valence-electron chi connectivity index (χ0n) is 12.0. The second-order valence-electron chi connectivity index (χ2n) is 5.94. The highest BCUT2D eigenvalue weighted by Gasteiger charge is 2.14. The number of carbonyl (C=O) groups excluding carboxylic acids is 1. The molecule has 0 aromatic heterocycles. The summed E-state index contributed by atoms with van der Waals surface area (Å²) in [7, 11) is 0. The number of nitrogens with one attached hydrogen (secondary N) is 2. The first-order valence-electron chi connectivity index (χ1n) is 8.00. The fourth-order valence-corrected chi connectivity index (χ4v) is 3.09. The van der Waals surface area contributed by atoms with Gasteiger partial charge in [0.05, 0.1) is 0 Å². The lowest BCUT2D eigenvalue weighted by molar-refractivity contribution is -0.121. The van der Waals surface area contributed by atoms with Crippen LogP contribution in [0.15, 0.2) is 11.6 Å². The Kier molecular flexibility index (Phi) is 6.42. The van der Waals surface area contributed by atoms with Crippen molar-refractivity contribution in [2.75, 3.05) is 19.6 Å². The molecule has 108 valence electrons. The maximum Gasteiger partial charge on any atom is 0.220 e. The zero-order valence-corrected chi connectivity index (χ0v) is 12.0. The lowest BCUT2D eigenvalue weighted by atomic mass is 9.93. The third kappa shape index (κ3) is 5.77. The molecule has 2 N–H and O–H groups in total. The number of allylic oxidation sites excluding steroid dienone is 1. The van der Waals surface area contributed by atoms with Crippen LogP contribution in [0.5, 0.6) is 0 Å². The summed E-state index contributed by atoms with van der Waals surface area (Å²) < 4.78 is 0. The predicted molar refractivity (Wildman–Crippen MR) is 79.0 cm³/mol. The van der Waals surface area contributed by atoms with Crippen LogP contribution >= 0.6 is 0 Å². The maximum absolute atomic E-state index is 11.8. The van der Waals surface area contributed by atoms with E-state index < -0.39 is 0 Å². The van der Waals surface area contributed by atoms with Gasteiger partial charge in [-0.15, -0.1) is 0 Å². The van der Waals surface area contributed by atoms with Gasteiger partial charge in [0.15, 0.2) is 0 Å². The van der Waals surface area contributed by atoms with Gasteiger partial charge in [0.1, 0.15) is 0 Å². The first kappa shape index (κ1) is 14.6. The number of amides is 1. The van der Waals surface area contributed by atoms with E-state index >= 15 is 0 Å². The van der Waals surface area contributed by atoms with Crippen LogP contribution in [0.3, 0.4) is 0 Å². The van der Waals surface area contributed by atoms with Crippen molar-refractivity contribution in [2.45, 2.75) is 57.8 Å². The molecule has 0 radical (unpaired) electrons. The second-order valence-corrected chi connectivity index (χ2v) is 5.94. The third-order valence-electron chi connectivity index (χ3n) is 4.39. The molecule has 0 spiro atoms. The second kappa shape index (κ2) is 8.36. The summed E-state index contributed by atoms with van der Waals surface area (Å²) in [4.78, 5) is 11.8. The number of hydrogen-bond acceptors (Lipinski definition) is 2. The molecule has 0 unspecified atom stereocenters. The lowest BCUT2D eigenvalue weighted by Crippen LogP contribution is -2.29. The molecule has 3 heteroatoms. The first-order chi connectivity index (χ1) is 9.34. The largest absolute Gasteiger partial charge is 0.356 e. The van der Waals surface area contributed by atoms with Gasteiger partial charge in [0.25, 0.3) is 0 Å². The summed E-state index contributed by atoms with van der Waals surface area (Å²) in [6.45, 7) is 3.08. The van der Waals surface area contributed by atoms with Crippen LogP contribution in [-0.2, 0) is 4.79 Å². The van der Waals surface area contributed by atoms with Crippen molar-refractivity contribution >= 4 is 5.91 Å². The zero-order chi connectivity index (χ0) is 13.3. The molecule has 0 aromatic rings. The molecule has 19 heavy (non-hydrogen) atoms. The fourth-order valence-electron chi connectivity index (χ4n) is 3.09. The molecule has 1 saturated heterocycles. The van der Waals surface area contributed by atoms with Crippen molar-refractivity contribution < 1.29 is 4.79 Å². The van der Waals surface area contributed by atoms with E-state index in [1.54, 1.807) is 5.57 Å². The Morgan fingerprint density at radius 2 is 2.16 bits per heavy atom. The van der Waals surface area contributed by atoms with Crippen LogP contribution in [0.4, 0.5) is 0 Å². The first-order valence-corrected chi connectivity index (χ1v) is 8.00. The molecule has 2 aliphatic rings. The van der Waals surface area contributed by atoms with E-state index in [0.717, 1.165) is 38.4 Å². The predicted octanol–water partition coefficient (Wildman–Crippen LogP) is 2.77. The average Bonchev–Trinajstić information content (AvgIpc) is 2.47. The van der Waals surface area contributed by atoms with Gasteiger partial charge in [-0.05, 0) is 70.4 Å². The van der Waals surface area contributed by atoms with E-state index in [2.05, 4.69) is 16.7 Å². The van der Waals surface area contributed by atoms with E-state index in [-0.39, 0.29) is 5.91 Å². The van der Waals surface area contributed by atoms with Gasteiger partial charge >= 0.3 is 0 Å². The number of piperidine rings is 1. The molecule has 1 fully saturated rings. The Bertz CT molecular complexity index is 306. The highest BCUT2D eigenvalue weighted by atomic mass is 16.1. The minimum Gasteiger partial charge on any atom is -0.356 e. The van der Waals surface area contributed by atoms with Crippen molar-refractivity contribution in [3.05, 3.63) is 11.6 Å². The summed E-state index contributed by atoms with van der Waals surface area (Å²) in [6.07, 6.45) is 12.8. The highest BCUT2D eigenvalue weighted by molar-refractivity contribution is 5.75. The quantitative estimate of drug-likeness (QED) is 0.724. The Labute approximate surface area is 117 Å². The smallest absolute Gasteiger partial charge is 0.220 e. The molecular formula is C16H28N2O. The number of carbonyl (C=O) groups is 1. The summed E-state index contributed by atoms with van der Waals surface area (Å²) >= 11 is 0. The Balaban J connectivity index is 1.52. The topological polar surface area (TPSA) is 41.1 Å². The van der Waals surface area contributed by atoms with Gasteiger partial charge < -0.3 is 10.6 Å². The molecule has 1 heterocycles. The van der Waals surface area contributed by atoms with Crippen molar-refractivity contribution in [1.82, 2.24) is 10.6 Å². The highest BCUT2D eigenvalue weighted by Crippen LogP contribution is 2.20. The van der Waals surface area contributed by atoms with E-state index in [1.807, 2.05) is 0 Å². The van der Waals surface area contributed by atoms with Crippen molar-refractivity contribution in [3.8, 4) is 0 Å². The van der Waals surface area contributed by atoms with Crippen LogP contribution in [0, 0.1) is 5.92 Å². The minimum absolute atomic E-state index is 0.245. The molecule has 1 aliphatic carbocycles. The normalized spacial score (nSPS) is 20.9. The monoisotopic (exact) mass is 264 g/mol. The van der Waals surface area contributed by atoms with E-state index in [9.17, 15) is 4.79 Å². The van der Waals surface area contributed by atoms with E-state index in [0.29, 0.717) is 6.42 Å². The van der Waals surface area contributed by atoms with Gasteiger partial charge in [0.2, 0.25) is 5.91 Å². The summed E-state index contributed by atoms with van der Waals surface area (Å²) in [5, 5.41) is 6.44. The molecule has 3 nitrogen and oxygen atoms in total. The molecule has 1 aliphatic heterocycles. The summed E-state index contributed by atoms with van der Waals surface area (Å²) in [6, 6.07) is 0. The number of hydrogen-bond donors (Lipinski definition) is 2. The summed E-state index contributed by atoms with van der Waals surface area (Å²) in [5.74, 6) is 1.00. The lowest BCUT2D eigenvalue weighted by Gasteiger charge is -2.22. The Morgan fingerprint density at radius 3 is 2.89 bits per heavy atom. The molecular weight excluding hydrogens is 236 g/mol. The molecule has 0 saturated carbocycles. The average molecular weight is 264 g/mol. The van der Waals surface area contributed by atoms with Gasteiger partial charge in [-0.25, -0.2) is 0 Å². The van der Waals surface area contributed by atoms with Crippen molar-refractivity contribution in [2.24, 2.45) is 5.92 Å². The minimum atomic E-state index is 0.245. The molecule has 0 atom stereocenters. The van der Waals surface area contributed by atoms with Crippen LogP contribution in [-0.4, -0.2) is 25.5 Å². The number of rotatable bonds is 6. The Morgan fingerprint density at radius 1 is 1.32 bits per heavy atom. The van der Waals surface area contributed by atoms with Gasteiger partial charge in [-0.3, -0.25) is 4.79 Å². The maximum atomic E-state index is 11.8. The third-order valence-corrected chi connectivity index (χ3v) is 4.39. The van der Waals surface area contributed by atoms with Gasteiger partial charge in [-0.2, -0.15) is 0 Å². The summed E-state index contributed by atoms with van der Waals surface area (Å²) in [5.41, 5.74) is 1.55. The molecule has 0 bridgehead atoms. The van der Waals surface area contributed by atoms with Crippen molar-refractivity contribution in [3.63, 3.8) is 0 Å². The molecule has 2 rings (SSSR count). The molecule has 0 aromatic carbocycles. The van der Waals surface area contributed by atoms with Crippen LogP contribution in [0.25, 0.3) is 0 Å². The SMILES string of the molecule is O=C(CCC1CCNCC1)NCCC1=CCCCC1. The van der Waals surface area contributed by atoms with Crippen LogP contribution < -0.4 is 10.6 Å². The van der Waals surface area contributed by atoms with Gasteiger partial charge in [-0.1, -0.05) is 11.6 Å². The fraction of sp³-hybridized carbons (Fsp3) is 0.812. The van der Waals surface area contributed by atoms with Crippen LogP contribution in [0.2, 0.25) is 0 Å². The standard InChI is InChI=1S/C16H28N2O/c19-16(7-6-15-8-11-17-12-9-15)18-13-10-14-4-2-1-3-5-14/h4,15,17H,1-3,5-13H2,(H,18,19). The van der Waals surface area contributed by atoms with E-state index in [4.69, 9.17) is 0 Å². The Hall–Kier alpha value is -0.830. The molecule has 1 amide bonds. The van der Waals surface area contributed by atoms with Gasteiger partial charge in [0, 0.05) is 13.0 Å².